The van der Waals surface area contributed by atoms with E-state index in [2.05, 4.69) is 23.8 Å². The second-order valence-electron chi connectivity index (χ2n) is 6.04. The Morgan fingerprint density at radius 1 is 1.00 bits per heavy atom. The van der Waals surface area contributed by atoms with Gasteiger partial charge in [0.15, 0.2) is 5.16 Å². The first-order valence-corrected chi connectivity index (χ1v) is 9.14. The van der Waals surface area contributed by atoms with Crippen molar-refractivity contribution in [2.75, 3.05) is 11.5 Å². The predicted molar refractivity (Wildman–Crippen MR) is 95.5 cm³/mol. The van der Waals surface area contributed by atoms with Crippen LogP contribution in [0.3, 0.4) is 0 Å². The lowest BCUT2D eigenvalue weighted by Crippen LogP contribution is -2.19. The zero-order valence-corrected chi connectivity index (χ0v) is 15.1. The molecular weight excluding hydrogens is 312 g/mol. The van der Waals surface area contributed by atoms with E-state index in [0.717, 1.165) is 33.8 Å². The van der Waals surface area contributed by atoms with Crippen molar-refractivity contribution in [2.24, 2.45) is 5.41 Å². The minimum atomic E-state index is 0.144. The van der Waals surface area contributed by atoms with Gasteiger partial charge in [0.1, 0.15) is 5.75 Å². The predicted octanol–water partition coefficient (Wildman–Crippen LogP) is 4.94. The molecule has 0 aliphatic carbocycles. The summed E-state index contributed by atoms with van der Waals surface area (Å²) in [7, 11) is 0. The number of thioether (sulfide) groups is 1. The SMILES string of the molecule is Cc1cc(C)nc(SCC(C)(C)CSOc2ccccc2)n1. The van der Waals surface area contributed by atoms with Gasteiger partial charge in [-0.3, -0.25) is 0 Å². The van der Waals surface area contributed by atoms with Crippen LogP contribution >= 0.6 is 23.8 Å². The molecule has 0 radical (unpaired) electrons. The van der Waals surface area contributed by atoms with Crippen molar-refractivity contribution in [3.8, 4) is 5.75 Å². The number of aryl methyl sites for hydroxylation is 2. The fraction of sp³-hybridized carbons (Fsp3) is 0.412. The second-order valence-corrected chi connectivity index (χ2v) is 7.68. The third kappa shape index (κ3) is 5.89. The summed E-state index contributed by atoms with van der Waals surface area (Å²) in [5.74, 6) is 2.77. The minimum Gasteiger partial charge on any atom is -0.426 e. The number of hydrogen-bond donors (Lipinski definition) is 0. The van der Waals surface area contributed by atoms with Crippen LogP contribution in [-0.2, 0) is 0 Å². The molecule has 0 unspecified atom stereocenters. The van der Waals surface area contributed by atoms with E-state index in [1.54, 1.807) is 11.8 Å². The fourth-order valence-corrected chi connectivity index (χ4v) is 3.69. The summed E-state index contributed by atoms with van der Waals surface area (Å²) >= 11 is 3.21. The maximum Gasteiger partial charge on any atom is 0.187 e. The number of para-hydroxylation sites is 1. The van der Waals surface area contributed by atoms with E-state index < -0.39 is 0 Å². The minimum absolute atomic E-state index is 0.144. The van der Waals surface area contributed by atoms with E-state index in [9.17, 15) is 0 Å². The number of benzene rings is 1. The van der Waals surface area contributed by atoms with Crippen LogP contribution in [0.1, 0.15) is 25.2 Å². The molecule has 0 fully saturated rings. The summed E-state index contributed by atoms with van der Waals surface area (Å²) < 4.78 is 5.71. The van der Waals surface area contributed by atoms with Gasteiger partial charge in [0.05, 0.1) is 12.0 Å². The number of rotatable bonds is 7. The first-order valence-electron chi connectivity index (χ1n) is 7.24. The molecule has 0 aliphatic heterocycles. The fourth-order valence-electron chi connectivity index (χ4n) is 1.79. The van der Waals surface area contributed by atoms with Crippen LogP contribution in [0.25, 0.3) is 0 Å². The molecule has 5 heteroatoms. The summed E-state index contributed by atoms with van der Waals surface area (Å²) in [4.78, 5) is 8.96. The molecule has 0 saturated carbocycles. The number of nitrogens with zero attached hydrogens (tertiary/aromatic N) is 2. The van der Waals surface area contributed by atoms with Gasteiger partial charge < -0.3 is 4.18 Å². The lowest BCUT2D eigenvalue weighted by molar-refractivity contribution is 0.482. The maximum absolute atomic E-state index is 5.71. The van der Waals surface area contributed by atoms with Gasteiger partial charge in [-0.2, -0.15) is 0 Å². The highest BCUT2D eigenvalue weighted by molar-refractivity contribution is 7.99. The normalized spacial score (nSPS) is 11.5. The van der Waals surface area contributed by atoms with E-state index in [1.165, 1.54) is 12.0 Å². The smallest absolute Gasteiger partial charge is 0.187 e. The van der Waals surface area contributed by atoms with Crippen LogP contribution in [0.15, 0.2) is 41.6 Å². The summed E-state index contributed by atoms with van der Waals surface area (Å²) in [6, 6.07) is 11.9. The molecule has 118 valence electrons. The summed E-state index contributed by atoms with van der Waals surface area (Å²) in [6.07, 6.45) is 0. The van der Waals surface area contributed by atoms with Gasteiger partial charge >= 0.3 is 0 Å². The third-order valence-corrected chi connectivity index (χ3v) is 5.48. The van der Waals surface area contributed by atoms with Crippen LogP contribution in [0.4, 0.5) is 0 Å². The lowest BCUT2D eigenvalue weighted by Gasteiger charge is -2.22. The van der Waals surface area contributed by atoms with Gasteiger partial charge in [-0.1, -0.05) is 43.8 Å². The van der Waals surface area contributed by atoms with Crippen LogP contribution in [0.2, 0.25) is 0 Å². The van der Waals surface area contributed by atoms with Crippen molar-refractivity contribution in [1.82, 2.24) is 9.97 Å². The summed E-state index contributed by atoms with van der Waals surface area (Å²) in [6.45, 7) is 8.49. The topological polar surface area (TPSA) is 35.0 Å². The quantitative estimate of drug-likeness (QED) is 0.407. The molecule has 0 N–H and O–H groups in total. The van der Waals surface area contributed by atoms with E-state index in [4.69, 9.17) is 4.18 Å². The molecule has 22 heavy (non-hydrogen) atoms. The van der Waals surface area contributed by atoms with Gasteiger partial charge in [0.25, 0.3) is 0 Å². The van der Waals surface area contributed by atoms with Crippen molar-refractivity contribution in [2.45, 2.75) is 32.9 Å². The lowest BCUT2D eigenvalue weighted by atomic mass is 10.0. The Kier molecular flexibility index (Phi) is 6.15. The van der Waals surface area contributed by atoms with Crippen molar-refractivity contribution in [3.63, 3.8) is 0 Å². The molecular formula is C17H22N2OS2. The van der Waals surface area contributed by atoms with Crippen LogP contribution in [0.5, 0.6) is 5.75 Å². The van der Waals surface area contributed by atoms with Gasteiger partial charge in [0, 0.05) is 22.9 Å². The van der Waals surface area contributed by atoms with Gasteiger partial charge in [-0.15, -0.1) is 0 Å². The Balaban J connectivity index is 1.80. The Morgan fingerprint density at radius 3 is 2.27 bits per heavy atom. The number of aromatic nitrogens is 2. The average molecular weight is 335 g/mol. The zero-order chi connectivity index (χ0) is 16.0. The van der Waals surface area contributed by atoms with E-state index >= 15 is 0 Å². The summed E-state index contributed by atoms with van der Waals surface area (Å²) in [5, 5.41) is 0.861. The van der Waals surface area contributed by atoms with Gasteiger partial charge in [-0.25, -0.2) is 9.97 Å². The highest BCUT2D eigenvalue weighted by Crippen LogP contribution is 2.30. The van der Waals surface area contributed by atoms with Crippen molar-refractivity contribution < 1.29 is 4.18 Å². The highest BCUT2D eigenvalue weighted by atomic mass is 32.2. The first-order chi connectivity index (χ1) is 10.4. The molecule has 2 rings (SSSR count). The zero-order valence-electron chi connectivity index (χ0n) is 13.5. The Labute approximate surface area is 141 Å². The van der Waals surface area contributed by atoms with Gasteiger partial charge in [0.2, 0.25) is 0 Å². The maximum atomic E-state index is 5.71. The van der Waals surface area contributed by atoms with Crippen molar-refractivity contribution in [1.29, 1.82) is 0 Å². The van der Waals surface area contributed by atoms with E-state index in [0.29, 0.717) is 0 Å². The molecule has 0 bridgehead atoms. The summed E-state index contributed by atoms with van der Waals surface area (Å²) in [5.41, 5.74) is 2.19. The molecule has 1 heterocycles. The third-order valence-electron chi connectivity index (χ3n) is 2.90. The largest absolute Gasteiger partial charge is 0.426 e. The molecule has 0 saturated heterocycles. The van der Waals surface area contributed by atoms with Crippen LogP contribution in [-0.4, -0.2) is 21.5 Å². The average Bonchev–Trinajstić information content (AvgIpc) is 2.45. The standard InChI is InChI=1S/C17H22N2OS2/c1-13-10-14(2)19-16(18-13)21-11-17(3,4)12-22-20-15-8-6-5-7-9-15/h5-10H,11-12H2,1-4H3. The Bertz CT molecular complexity index is 583. The van der Waals surface area contributed by atoms with Gasteiger partial charge in [-0.05, 0) is 37.5 Å². The molecule has 3 nitrogen and oxygen atoms in total. The molecule has 0 amide bonds. The van der Waals surface area contributed by atoms with Crippen LogP contribution < -0.4 is 4.18 Å². The van der Waals surface area contributed by atoms with Crippen molar-refractivity contribution in [3.05, 3.63) is 47.8 Å². The Hall–Kier alpha value is -1.20. The monoisotopic (exact) mass is 334 g/mol. The Morgan fingerprint density at radius 2 is 1.64 bits per heavy atom. The first kappa shape index (κ1) is 17.2. The number of hydrogen-bond acceptors (Lipinski definition) is 5. The second kappa shape index (κ2) is 7.88. The molecule has 1 aromatic heterocycles. The van der Waals surface area contributed by atoms with E-state index in [1.807, 2.05) is 50.2 Å². The van der Waals surface area contributed by atoms with Crippen LogP contribution in [0, 0.1) is 19.3 Å². The molecule has 1 aromatic carbocycles. The van der Waals surface area contributed by atoms with E-state index in [-0.39, 0.29) is 5.41 Å². The molecule has 0 atom stereocenters. The van der Waals surface area contributed by atoms with Crippen molar-refractivity contribution >= 4 is 23.8 Å². The molecule has 0 aliphatic rings. The molecule has 0 spiro atoms. The molecule has 2 aromatic rings. The highest BCUT2D eigenvalue weighted by Gasteiger charge is 2.20.